The molecular formula is C19H22FNO5S. The zero-order valence-corrected chi connectivity index (χ0v) is 15.8. The molecule has 0 atom stereocenters. The van der Waals surface area contributed by atoms with Gasteiger partial charge in [-0.15, -0.1) is 0 Å². The number of carbonyl (C=O) groups is 1. The van der Waals surface area contributed by atoms with E-state index in [4.69, 9.17) is 9.84 Å². The monoisotopic (exact) mass is 395 g/mol. The Labute approximate surface area is 157 Å². The standard InChI is InChI=1S/C19H22FNO5S/c1-2-26-17-5-3-4-14(10-17)15-6-7-16(18(20)11-15)12-27(24,25)13-19(23)21-8-9-22/h3-7,10-11,22H,2,8-9,12-13H2,1H3,(H,21,23). The number of benzene rings is 2. The Morgan fingerprint density at radius 3 is 2.59 bits per heavy atom. The highest BCUT2D eigenvalue weighted by Gasteiger charge is 2.19. The number of carbonyl (C=O) groups excluding carboxylic acids is 1. The van der Waals surface area contributed by atoms with Crippen LogP contribution in [0.15, 0.2) is 42.5 Å². The van der Waals surface area contributed by atoms with Gasteiger partial charge in [-0.1, -0.05) is 24.3 Å². The normalized spacial score (nSPS) is 11.2. The number of aliphatic hydroxyl groups is 1. The largest absolute Gasteiger partial charge is 0.494 e. The topological polar surface area (TPSA) is 92.7 Å². The summed E-state index contributed by atoms with van der Waals surface area (Å²) < 4.78 is 44.0. The van der Waals surface area contributed by atoms with Gasteiger partial charge in [0.1, 0.15) is 17.3 Å². The summed E-state index contributed by atoms with van der Waals surface area (Å²) >= 11 is 0. The summed E-state index contributed by atoms with van der Waals surface area (Å²) in [7, 11) is -3.83. The van der Waals surface area contributed by atoms with E-state index in [1.165, 1.54) is 12.1 Å². The lowest BCUT2D eigenvalue weighted by Crippen LogP contribution is -2.32. The Hall–Kier alpha value is -2.45. The van der Waals surface area contributed by atoms with Crippen LogP contribution in [-0.4, -0.2) is 44.9 Å². The second kappa shape index (κ2) is 9.48. The van der Waals surface area contributed by atoms with Gasteiger partial charge in [0.2, 0.25) is 5.91 Å². The summed E-state index contributed by atoms with van der Waals surface area (Å²) in [6.45, 7) is 2.07. The molecule has 2 aromatic rings. The van der Waals surface area contributed by atoms with Gasteiger partial charge >= 0.3 is 0 Å². The number of hydrogen-bond acceptors (Lipinski definition) is 5. The fraction of sp³-hybridized carbons (Fsp3) is 0.316. The SMILES string of the molecule is CCOc1cccc(-c2ccc(CS(=O)(=O)CC(=O)NCCO)c(F)c2)c1. The molecule has 0 fully saturated rings. The molecule has 0 unspecified atom stereocenters. The molecule has 146 valence electrons. The zero-order chi connectivity index (χ0) is 19.9. The van der Waals surface area contributed by atoms with Crippen LogP contribution >= 0.6 is 0 Å². The van der Waals surface area contributed by atoms with Crippen molar-refractivity contribution in [3.63, 3.8) is 0 Å². The molecule has 0 saturated heterocycles. The molecule has 0 aliphatic heterocycles. The van der Waals surface area contributed by atoms with Gasteiger partial charge < -0.3 is 15.2 Å². The van der Waals surface area contributed by atoms with Gasteiger partial charge in [0, 0.05) is 12.1 Å². The first-order valence-corrected chi connectivity index (χ1v) is 10.3. The van der Waals surface area contributed by atoms with Gasteiger partial charge in [0.05, 0.1) is 19.0 Å². The fourth-order valence-corrected chi connectivity index (χ4v) is 3.82. The van der Waals surface area contributed by atoms with E-state index in [0.717, 1.165) is 5.56 Å². The molecule has 1 amide bonds. The van der Waals surface area contributed by atoms with Gasteiger partial charge in [-0.25, -0.2) is 12.8 Å². The van der Waals surface area contributed by atoms with Crippen LogP contribution in [0.3, 0.4) is 0 Å². The van der Waals surface area contributed by atoms with Gasteiger partial charge in [0.15, 0.2) is 9.84 Å². The van der Waals surface area contributed by atoms with Gasteiger partial charge in [-0.2, -0.15) is 0 Å². The average Bonchev–Trinajstić information content (AvgIpc) is 2.61. The van der Waals surface area contributed by atoms with E-state index < -0.39 is 33.1 Å². The van der Waals surface area contributed by atoms with E-state index >= 15 is 0 Å². The molecule has 6 nitrogen and oxygen atoms in total. The molecule has 0 spiro atoms. The summed E-state index contributed by atoms with van der Waals surface area (Å²) in [6, 6.07) is 11.5. The first-order valence-electron chi connectivity index (χ1n) is 8.44. The zero-order valence-electron chi connectivity index (χ0n) is 14.9. The predicted octanol–water partition coefficient (Wildman–Crippen LogP) is 1.91. The molecular weight excluding hydrogens is 373 g/mol. The minimum atomic E-state index is -3.83. The van der Waals surface area contributed by atoms with Gasteiger partial charge in [-0.3, -0.25) is 4.79 Å². The lowest BCUT2D eigenvalue weighted by atomic mass is 10.0. The van der Waals surface area contributed by atoms with Crippen LogP contribution in [0, 0.1) is 5.82 Å². The second-order valence-electron chi connectivity index (χ2n) is 5.87. The Balaban J connectivity index is 2.14. The molecule has 0 radical (unpaired) electrons. The molecule has 0 heterocycles. The van der Waals surface area contributed by atoms with Crippen LogP contribution in [-0.2, 0) is 20.4 Å². The number of halogens is 1. The molecule has 0 saturated carbocycles. The summed E-state index contributed by atoms with van der Waals surface area (Å²) in [5.74, 6) is -2.06. The van der Waals surface area contributed by atoms with E-state index in [2.05, 4.69) is 5.32 Å². The smallest absolute Gasteiger partial charge is 0.235 e. The van der Waals surface area contributed by atoms with Crippen LogP contribution in [0.1, 0.15) is 12.5 Å². The number of ether oxygens (including phenoxy) is 1. The average molecular weight is 395 g/mol. The van der Waals surface area contributed by atoms with Crippen molar-refractivity contribution in [2.45, 2.75) is 12.7 Å². The summed E-state index contributed by atoms with van der Waals surface area (Å²) in [6.07, 6.45) is 0. The van der Waals surface area contributed by atoms with E-state index in [-0.39, 0.29) is 18.7 Å². The van der Waals surface area contributed by atoms with Crippen LogP contribution in [0.4, 0.5) is 4.39 Å². The van der Waals surface area contributed by atoms with Crippen molar-refractivity contribution in [3.8, 4) is 16.9 Å². The summed E-state index contributed by atoms with van der Waals surface area (Å²) in [4.78, 5) is 11.5. The fourth-order valence-electron chi connectivity index (χ4n) is 2.51. The van der Waals surface area contributed by atoms with Crippen molar-refractivity contribution >= 4 is 15.7 Å². The lowest BCUT2D eigenvalue weighted by Gasteiger charge is -2.09. The van der Waals surface area contributed by atoms with Crippen LogP contribution < -0.4 is 10.1 Å². The van der Waals surface area contributed by atoms with E-state index in [0.29, 0.717) is 17.9 Å². The highest BCUT2D eigenvalue weighted by molar-refractivity contribution is 7.91. The predicted molar refractivity (Wildman–Crippen MR) is 101 cm³/mol. The quantitative estimate of drug-likeness (QED) is 0.677. The number of amides is 1. The lowest BCUT2D eigenvalue weighted by molar-refractivity contribution is -0.118. The third kappa shape index (κ3) is 6.33. The Kier molecular flexibility index (Phi) is 7.32. The summed E-state index contributed by atoms with van der Waals surface area (Å²) in [5, 5.41) is 10.9. The first-order chi connectivity index (χ1) is 12.8. The first kappa shape index (κ1) is 20.9. The minimum Gasteiger partial charge on any atom is -0.494 e. The Morgan fingerprint density at radius 2 is 1.93 bits per heavy atom. The van der Waals surface area contributed by atoms with Gasteiger partial charge in [0.25, 0.3) is 0 Å². The minimum absolute atomic E-state index is 0.00493. The molecule has 0 bridgehead atoms. The Morgan fingerprint density at radius 1 is 1.19 bits per heavy atom. The summed E-state index contributed by atoms with van der Waals surface area (Å²) in [5.41, 5.74) is 1.34. The van der Waals surface area contributed by atoms with E-state index in [1.807, 2.05) is 6.92 Å². The Bertz CT molecular complexity index is 899. The molecule has 8 heteroatoms. The maximum Gasteiger partial charge on any atom is 0.235 e. The number of hydrogen-bond donors (Lipinski definition) is 2. The van der Waals surface area contributed by atoms with Crippen molar-refractivity contribution in [1.29, 1.82) is 0 Å². The van der Waals surface area contributed by atoms with E-state index in [1.54, 1.807) is 30.3 Å². The highest BCUT2D eigenvalue weighted by atomic mass is 32.2. The van der Waals surface area contributed by atoms with Crippen LogP contribution in [0.5, 0.6) is 5.75 Å². The van der Waals surface area contributed by atoms with Crippen molar-refractivity contribution in [2.75, 3.05) is 25.5 Å². The highest BCUT2D eigenvalue weighted by Crippen LogP contribution is 2.26. The van der Waals surface area contributed by atoms with Crippen LogP contribution in [0.25, 0.3) is 11.1 Å². The second-order valence-corrected chi connectivity index (χ2v) is 7.94. The van der Waals surface area contributed by atoms with Crippen molar-refractivity contribution in [3.05, 3.63) is 53.8 Å². The third-order valence-corrected chi connectivity index (χ3v) is 5.14. The number of nitrogens with one attached hydrogen (secondary N) is 1. The van der Waals surface area contributed by atoms with Crippen molar-refractivity contribution in [1.82, 2.24) is 5.32 Å². The van der Waals surface area contributed by atoms with Gasteiger partial charge in [-0.05, 0) is 36.2 Å². The third-order valence-electron chi connectivity index (χ3n) is 3.69. The van der Waals surface area contributed by atoms with Crippen molar-refractivity contribution < 1.29 is 27.4 Å². The molecule has 0 aromatic heterocycles. The molecule has 27 heavy (non-hydrogen) atoms. The van der Waals surface area contributed by atoms with Crippen molar-refractivity contribution in [2.24, 2.45) is 0 Å². The molecule has 0 aliphatic rings. The molecule has 2 aromatic carbocycles. The maximum atomic E-state index is 14.4. The van der Waals surface area contributed by atoms with Crippen LogP contribution in [0.2, 0.25) is 0 Å². The maximum absolute atomic E-state index is 14.4. The molecule has 0 aliphatic carbocycles. The number of aliphatic hydroxyl groups excluding tert-OH is 1. The number of rotatable bonds is 9. The van der Waals surface area contributed by atoms with E-state index in [9.17, 15) is 17.6 Å². The molecule has 2 N–H and O–H groups in total. The number of sulfone groups is 1. The molecule has 2 rings (SSSR count).